The second kappa shape index (κ2) is 29.0. The highest BCUT2D eigenvalue weighted by molar-refractivity contribution is 5.93. The van der Waals surface area contributed by atoms with Gasteiger partial charge in [0.15, 0.2) is 0 Å². The first-order valence-corrected chi connectivity index (χ1v) is 25.2. The molecule has 18 heteroatoms. The number of amides is 7. The summed E-state index contributed by atoms with van der Waals surface area (Å²) >= 11 is 0. The molecule has 0 radical (unpaired) electrons. The van der Waals surface area contributed by atoms with Gasteiger partial charge in [-0.1, -0.05) is 68.3 Å². The number of nitrogens with zero attached hydrogens (tertiary/aromatic N) is 3. The standard InChI is InChI=1S/C54H74FN9O8/c1-6-37(2)72-35-51(68)57-30-42-13-11-12-41(26-42)27-47-54(71)60-45(34-62(4)5)28-43-33-63(48-19-18-44(55)29-46(43)48)24-9-7-8-10-25-64(32-40-16-14-39(15-17-40)22-23-56-36-65)52(69)21-20-49(66)59-38(3)53(70)58-31-50(67)61-47/h11-19,26,29,33,36-38,45,47H,6-10,20-25,27-28,30-32,34-35H2,1-5H3,(H,56,65)(H,57,68)(H,58,70)(H,59,66)(H,60,71)(H,61,67)/t37-,38+,45+,47+/m1/s1. The molecule has 0 saturated carbocycles. The summed E-state index contributed by atoms with van der Waals surface area (Å²) in [7, 11) is 3.78. The fourth-order valence-electron chi connectivity index (χ4n) is 8.62. The lowest BCUT2D eigenvalue weighted by molar-refractivity contribution is -0.135. The number of halogens is 1. The van der Waals surface area contributed by atoms with Crippen molar-refractivity contribution < 1.29 is 42.7 Å². The van der Waals surface area contributed by atoms with E-state index in [0.717, 1.165) is 65.3 Å². The molecule has 1 aliphatic rings. The first kappa shape index (κ1) is 56.3. The molecule has 0 spiro atoms. The average Bonchev–Trinajstić information content (AvgIpc) is 3.68. The molecule has 2 heterocycles. The van der Waals surface area contributed by atoms with Crippen LogP contribution in [-0.2, 0) is 77.2 Å². The topological polar surface area (TPSA) is 212 Å². The molecule has 3 aromatic carbocycles. The number of rotatable bonds is 16. The van der Waals surface area contributed by atoms with Gasteiger partial charge in [0.2, 0.25) is 41.9 Å². The largest absolute Gasteiger partial charge is 0.369 e. The number of aromatic nitrogens is 1. The average molecular weight is 996 g/mol. The van der Waals surface area contributed by atoms with Gasteiger partial charge < -0.3 is 51.0 Å². The maximum atomic E-state index is 14.9. The Bertz CT molecular complexity index is 2440. The molecule has 0 fully saturated rings. The number of hydrogen-bond acceptors (Lipinski definition) is 9. The first-order chi connectivity index (χ1) is 34.6. The molecular weight excluding hydrogens is 922 g/mol. The summed E-state index contributed by atoms with van der Waals surface area (Å²) in [6.45, 7) is 7.42. The molecule has 4 atom stereocenters. The molecule has 0 unspecified atom stereocenters. The Balaban J connectivity index is 1.37. The number of fused-ring (bicyclic) bond motifs is 5. The van der Waals surface area contributed by atoms with Gasteiger partial charge in [0, 0.05) is 81.7 Å². The minimum absolute atomic E-state index is 0.0537. The van der Waals surface area contributed by atoms with E-state index in [1.165, 1.54) is 19.1 Å². The SMILES string of the molecule is CC[C@@H](C)OCC(=O)NCc1cccc(C[C@@H]2NC(=O)CNC(=O)[C@H](C)NC(=O)CCC(=O)N(Cc3ccc(CCNC=O)cc3)CCCCCCn3cc(c4cc(F)ccc43)C[C@@H](CN(C)C)NC2=O)c1. The van der Waals surface area contributed by atoms with Crippen molar-refractivity contribution >= 4 is 52.8 Å². The van der Waals surface area contributed by atoms with Crippen LogP contribution >= 0.6 is 0 Å². The Morgan fingerprint density at radius 3 is 2.35 bits per heavy atom. The molecule has 4 aromatic rings. The van der Waals surface area contributed by atoms with Crippen molar-refractivity contribution in [2.45, 2.75) is 129 Å². The van der Waals surface area contributed by atoms with E-state index < -0.39 is 48.3 Å². The predicted molar refractivity (Wildman–Crippen MR) is 274 cm³/mol. The van der Waals surface area contributed by atoms with E-state index in [-0.39, 0.29) is 56.1 Å². The Morgan fingerprint density at radius 1 is 0.875 bits per heavy atom. The van der Waals surface area contributed by atoms with Crippen LogP contribution in [-0.4, -0.2) is 127 Å². The number of nitrogens with one attached hydrogen (secondary N) is 6. The van der Waals surface area contributed by atoms with Crippen molar-refractivity contribution in [1.82, 2.24) is 46.3 Å². The summed E-state index contributed by atoms with van der Waals surface area (Å²) in [5.41, 5.74) is 5.17. The van der Waals surface area contributed by atoms with Crippen LogP contribution < -0.4 is 31.9 Å². The van der Waals surface area contributed by atoms with Crippen LogP contribution in [0.15, 0.2) is 72.9 Å². The van der Waals surface area contributed by atoms with E-state index in [1.54, 1.807) is 17.0 Å². The zero-order chi connectivity index (χ0) is 52.0. The summed E-state index contributed by atoms with van der Waals surface area (Å²) in [5, 5.41) is 17.4. The molecule has 0 aliphatic carbocycles. The molecule has 17 nitrogen and oxygen atoms in total. The fourth-order valence-corrected chi connectivity index (χ4v) is 8.62. The molecule has 1 aromatic heterocycles. The monoisotopic (exact) mass is 996 g/mol. The predicted octanol–water partition coefficient (Wildman–Crippen LogP) is 3.82. The molecule has 7 amide bonds. The van der Waals surface area contributed by atoms with E-state index in [0.29, 0.717) is 57.5 Å². The van der Waals surface area contributed by atoms with Crippen LogP contribution in [0.4, 0.5) is 4.39 Å². The zero-order valence-corrected chi connectivity index (χ0v) is 42.5. The number of aryl methyl sites for hydroxylation is 1. The Hall–Kier alpha value is -6.66. The third-order valence-corrected chi connectivity index (χ3v) is 12.7. The second-order valence-electron chi connectivity index (χ2n) is 19.0. The van der Waals surface area contributed by atoms with E-state index in [4.69, 9.17) is 4.74 Å². The minimum Gasteiger partial charge on any atom is -0.369 e. The Kier molecular flexibility index (Phi) is 22.7. The van der Waals surface area contributed by atoms with Crippen LogP contribution in [0.1, 0.15) is 93.5 Å². The summed E-state index contributed by atoms with van der Waals surface area (Å²) < 4.78 is 22.6. The smallest absolute Gasteiger partial charge is 0.246 e. The molecule has 1 aliphatic heterocycles. The number of benzene rings is 3. The van der Waals surface area contributed by atoms with E-state index >= 15 is 0 Å². The lowest BCUT2D eigenvalue weighted by Gasteiger charge is -2.26. The van der Waals surface area contributed by atoms with Gasteiger partial charge in [-0.2, -0.15) is 0 Å². The normalized spacial score (nSPS) is 19.0. The van der Waals surface area contributed by atoms with Crippen molar-refractivity contribution in [2.75, 3.05) is 46.9 Å². The maximum Gasteiger partial charge on any atom is 0.246 e. The van der Waals surface area contributed by atoms with Crippen molar-refractivity contribution in [2.24, 2.45) is 0 Å². The number of hydrogen-bond donors (Lipinski definition) is 6. The van der Waals surface area contributed by atoms with Crippen LogP contribution in [0, 0.1) is 5.82 Å². The number of carbonyl (C=O) groups is 7. The highest BCUT2D eigenvalue weighted by atomic mass is 19.1. The Morgan fingerprint density at radius 2 is 1.61 bits per heavy atom. The number of carbonyl (C=O) groups excluding carboxylic acids is 7. The van der Waals surface area contributed by atoms with E-state index in [9.17, 15) is 38.0 Å². The van der Waals surface area contributed by atoms with Gasteiger partial charge in [-0.25, -0.2) is 4.39 Å². The van der Waals surface area contributed by atoms with Gasteiger partial charge in [-0.15, -0.1) is 0 Å². The maximum absolute atomic E-state index is 14.9. The summed E-state index contributed by atoms with van der Waals surface area (Å²) in [4.78, 5) is 95.0. The van der Waals surface area contributed by atoms with Gasteiger partial charge in [-0.05, 0) is 106 Å². The van der Waals surface area contributed by atoms with Crippen LogP contribution in [0.5, 0.6) is 0 Å². The first-order valence-electron chi connectivity index (χ1n) is 25.2. The van der Waals surface area contributed by atoms with Gasteiger partial charge in [0.1, 0.15) is 24.5 Å². The third kappa shape index (κ3) is 18.8. The van der Waals surface area contributed by atoms with Crippen LogP contribution in [0.2, 0.25) is 0 Å². The van der Waals surface area contributed by atoms with Crippen molar-refractivity contribution in [3.63, 3.8) is 0 Å². The fraction of sp³-hybridized carbons (Fsp3) is 0.500. The molecule has 72 heavy (non-hydrogen) atoms. The number of likely N-dealkylation sites (N-methyl/N-ethyl adjacent to an activating group) is 1. The molecule has 0 saturated heterocycles. The molecule has 5 rings (SSSR count). The zero-order valence-electron chi connectivity index (χ0n) is 42.5. The molecule has 390 valence electrons. The third-order valence-electron chi connectivity index (χ3n) is 12.7. The van der Waals surface area contributed by atoms with Crippen molar-refractivity contribution in [3.8, 4) is 0 Å². The van der Waals surface area contributed by atoms with E-state index in [2.05, 4.69) is 36.5 Å². The minimum atomic E-state index is -1.10. The van der Waals surface area contributed by atoms with Gasteiger partial charge in [0.25, 0.3) is 0 Å². The Labute approximate surface area is 422 Å². The molecule has 2 bridgehead atoms. The molecular formula is C54H74FN9O8. The quantitative estimate of drug-likeness (QED) is 0.0711. The van der Waals surface area contributed by atoms with Crippen LogP contribution in [0.25, 0.3) is 10.9 Å². The summed E-state index contributed by atoms with van der Waals surface area (Å²) in [6.07, 6.45) is 7.52. The van der Waals surface area contributed by atoms with Gasteiger partial charge in [-0.3, -0.25) is 33.6 Å². The van der Waals surface area contributed by atoms with Crippen LogP contribution in [0.3, 0.4) is 0 Å². The summed E-state index contributed by atoms with van der Waals surface area (Å²) in [5.74, 6) is -3.10. The van der Waals surface area contributed by atoms with Gasteiger partial charge in [0.05, 0.1) is 12.6 Å². The number of ether oxygens (including phenoxy) is 1. The lowest BCUT2D eigenvalue weighted by Crippen LogP contribution is -2.55. The van der Waals surface area contributed by atoms with Gasteiger partial charge >= 0.3 is 0 Å². The van der Waals surface area contributed by atoms with Crippen molar-refractivity contribution in [1.29, 1.82) is 0 Å². The molecule has 6 N–H and O–H groups in total. The highest BCUT2D eigenvalue weighted by Gasteiger charge is 2.27. The highest BCUT2D eigenvalue weighted by Crippen LogP contribution is 2.25. The lowest BCUT2D eigenvalue weighted by atomic mass is 10.0. The van der Waals surface area contributed by atoms with Crippen molar-refractivity contribution in [3.05, 3.63) is 107 Å². The summed E-state index contributed by atoms with van der Waals surface area (Å²) in [6, 6.07) is 17.3. The van der Waals surface area contributed by atoms with E-state index in [1.807, 2.05) is 81.5 Å². The second-order valence-corrected chi connectivity index (χ2v) is 19.0.